The third-order valence-electron chi connectivity index (χ3n) is 7.09. The van der Waals surface area contributed by atoms with E-state index in [-0.39, 0.29) is 0 Å². The molecule has 0 saturated carbocycles. The van der Waals surface area contributed by atoms with E-state index in [1.165, 1.54) is 32.6 Å². The van der Waals surface area contributed by atoms with E-state index in [9.17, 15) is 4.79 Å². The molecule has 0 aliphatic heterocycles. The van der Waals surface area contributed by atoms with Gasteiger partial charge in [-0.2, -0.15) is 0 Å². The minimum absolute atomic E-state index is 0.750. The molecule has 3 aromatic heterocycles. The summed E-state index contributed by atoms with van der Waals surface area (Å²) in [6, 6.07) is 32.2. The molecule has 51 heavy (non-hydrogen) atoms. The SMILES string of the molecule is CN(C)C=O.[O-][Cl+3]([O-])([O-])[O-].[O-][Cl+3]([O-])([O-])[O-].c1ccc2c(c1)ncn2Cc1cc(C[n+]2c[nH]c3ccccc32)cc(C[n+]2c[nH]c3ccccc32)c1. The number of carbonyl (C=O) groups excluding carboxylic acids is 1. The summed E-state index contributed by atoms with van der Waals surface area (Å²) in [7, 11) is -6.51. The summed E-state index contributed by atoms with van der Waals surface area (Å²) in [4.78, 5) is 22.3. The maximum Gasteiger partial charge on any atom is 0.242 e. The van der Waals surface area contributed by atoms with E-state index < -0.39 is 20.5 Å². The number of amides is 1. The summed E-state index contributed by atoms with van der Waals surface area (Å²) >= 11 is 0. The van der Waals surface area contributed by atoms with Crippen LogP contribution < -0.4 is 46.4 Å². The van der Waals surface area contributed by atoms with Gasteiger partial charge in [0.05, 0.1) is 17.4 Å². The fourth-order valence-electron chi connectivity index (χ4n) is 5.23. The quantitative estimate of drug-likeness (QED) is 0.116. The van der Waals surface area contributed by atoms with E-state index in [1.54, 1.807) is 14.1 Å². The number of nitrogens with zero attached hydrogens (tertiary/aromatic N) is 5. The lowest BCUT2D eigenvalue weighted by atomic mass is 10.0. The molecule has 0 fully saturated rings. The largest absolute Gasteiger partial charge is 0.351 e. The molecular formula is C33H33Cl2N7O9. The number of aromatic amines is 2. The second kappa shape index (κ2) is 17.3. The van der Waals surface area contributed by atoms with Crippen molar-refractivity contribution in [3.05, 3.63) is 127 Å². The third kappa shape index (κ3) is 12.7. The van der Waals surface area contributed by atoms with Crippen molar-refractivity contribution in [1.29, 1.82) is 0 Å². The van der Waals surface area contributed by atoms with Crippen LogP contribution in [0.2, 0.25) is 0 Å². The average molecular weight is 743 g/mol. The lowest BCUT2D eigenvalue weighted by Crippen LogP contribution is -2.68. The fraction of sp³-hybridized carbons (Fsp3) is 0.152. The highest BCUT2D eigenvalue weighted by Crippen LogP contribution is 2.18. The first kappa shape index (κ1) is 38.8. The van der Waals surface area contributed by atoms with Crippen LogP contribution in [0, 0.1) is 20.5 Å². The highest BCUT2D eigenvalue weighted by Gasteiger charge is 2.14. The van der Waals surface area contributed by atoms with Crippen molar-refractivity contribution in [2.24, 2.45) is 0 Å². The molecule has 0 saturated heterocycles. The van der Waals surface area contributed by atoms with Gasteiger partial charge in [-0.15, -0.1) is 20.5 Å². The Morgan fingerprint density at radius 3 is 1.57 bits per heavy atom. The van der Waals surface area contributed by atoms with Gasteiger partial charge in [-0.3, -0.25) is 4.79 Å². The molecule has 1 amide bonds. The normalized spacial score (nSPS) is 11.3. The number of carbonyl (C=O) groups is 1. The molecule has 2 N–H and O–H groups in total. The standard InChI is InChI=1S/C30H24N6.C3H7NO.2ClHO4/c1-4-10-28-25(7-1)31-19-34(28)16-22-13-23(17-35-20-32-26-8-2-5-11-29(26)35)15-24(14-22)18-36-21-33-27-9-3-6-12-30(27)36;1-4(2)3-5;2*2-1(3,4)5/h1-15,19-21H,16-18H2;3H,1-2H3;2*(H,2,3,4,5). The number of H-pyrrole nitrogens is 2. The third-order valence-corrected chi connectivity index (χ3v) is 7.09. The number of fused-ring (bicyclic) bond motifs is 3. The van der Waals surface area contributed by atoms with Crippen LogP contribution in [0.5, 0.6) is 0 Å². The summed E-state index contributed by atoms with van der Waals surface area (Å²) in [5, 5.41) is 0. The number of halogens is 2. The first-order chi connectivity index (χ1) is 24.1. The van der Waals surface area contributed by atoms with Crippen LogP contribution in [0.3, 0.4) is 0 Å². The van der Waals surface area contributed by atoms with Crippen LogP contribution in [-0.2, 0) is 24.4 Å². The van der Waals surface area contributed by atoms with Gasteiger partial charge in [0.15, 0.2) is 22.1 Å². The van der Waals surface area contributed by atoms with Crippen LogP contribution in [0.25, 0.3) is 33.1 Å². The minimum atomic E-state index is -4.94. The van der Waals surface area contributed by atoms with E-state index in [4.69, 9.17) is 37.3 Å². The number of aromatic nitrogens is 6. The van der Waals surface area contributed by atoms with Crippen LogP contribution >= 0.6 is 0 Å². The average Bonchev–Trinajstić information content (AvgIpc) is 3.78. The highest BCUT2D eigenvalue weighted by molar-refractivity contribution is 5.75. The van der Waals surface area contributed by atoms with Crippen LogP contribution in [-0.4, -0.2) is 44.9 Å². The van der Waals surface area contributed by atoms with Gasteiger partial charge in [0.25, 0.3) is 0 Å². The van der Waals surface area contributed by atoms with Gasteiger partial charge < -0.3 is 9.47 Å². The van der Waals surface area contributed by atoms with Crippen molar-refractivity contribution in [1.82, 2.24) is 24.4 Å². The summed E-state index contributed by atoms with van der Waals surface area (Å²) in [5.41, 5.74) is 10.7. The van der Waals surface area contributed by atoms with Crippen molar-refractivity contribution in [3.63, 3.8) is 0 Å². The number of nitrogens with one attached hydrogen (secondary N) is 2. The lowest BCUT2D eigenvalue weighted by molar-refractivity contribution is -2.00. The number of para-hydroxylation sites is 6. The fourth-order valence-corrected chi connectivity index (χ4v) is 5.23. The van der Waals surface area contributed by atoms with Crippen LogP contribution in [0.4, 0.5) is 0 Å². The first-order valence-electron chi connectivity index (χ1n) is 14.9. The van der Waals surface area contributed by atoms with E-state index in [0.717, 1.165) is 48.1 Å². The predicted octanol–water partition coefficient (Wildman–Crippen LogP) is -5.09. The molecule has 18 heteroatoms. The summed E-state index contributed by atoms with van der Waals surface area (Å²) < 4.78 is 74.7. The molecule has 0 aliphatic rings. The molecule has 0 radical (unpaired) electrons. The van der Waals surface area contributed by atoms with Crippen molar-refractivity contribution in [2.45, 2.75) is 19.6 Å². The van der Waals surface area contributed by atoms with Gasteiger partial charge in [-0.05, 0) is 59.2 Å². The van der Waals surface area contributed by atoms with Crippen LogP contribution in [0.15, 0.2) is 110 Å². The zero-order chi connectivity index (χ0) is 37.2. The van der Waals surface area contributed by atoms with Gasteiger partial charge in [0.2, 0.25) is 19.1 Å². The maximum atomic E-state index is 9.43. The molecular weight excluding hydrogens is 709 g/mol. The second-order valence-electron chi connectivity index (χ2n) is 11.2. The molecule has 16 nitrogen and oxygen atoms in total. The molecule has 0 unspecified atom stereocenters. The summed E-state index contributed by atoms with van der Waals surface area (Å²) in [6.45, 7) is 2.38. The number of hydrogen-bond acceptors (Lipinski definition) is 10. The van der Waals surface area contributed by atoms with Crippen LogP contribution in [0.1, 0.15) is 16.7 Å². The monoisotopic (exact) mass is 741 g/mol. The summed E-state index contributed by atoms with van der Waals surface area (Å²) in [5.74, 6) is 0. The van der Waals surface area contributed by atoms with E-state index in [0.29, 0.717) is 0 Å². The van der Waals surface area contributed by atoms with Gasteiger partial charge >= 0.3 is 0 Å². The zero-order valence-electron chi connectivity index (χ0n) is 27.3. The van der Waals surface area contributed by atoms with E-state index in [2.05, 4.69) is 126 Å². The maximum absolute atomic E-state index is 9.43. The molecule has 3 heterocycles. The Hall–Kier alpha value is -4.98. The van der Waals surface area contributed by atoms with E-state index in [1.807, 2.05) is 12.4 Å². The van der Waals surface area contributed by atoms with Gasteiger partial charge in [-0.1, -0.05) is 48.5 Å². The van der Waals surface area contributed by atoms with Crippen molar-refractivity contribution in [2.75, 3.05) is 14.1 Å². The van der Waals surface area contributed by atoms with Crippen molar-refractivity contribution in [3.8, 4) is 0 Å². The van der Waals surface area contributed by atoms with Gasteiger partial charge in [0, 0.05) is 20.6 Å². The Morgan fingerprint density at radius 2 is 1.10 bits per heavy atom. The Kier molecular flexibility index (Phi) is 13.2. The smallest absolute Gasteiger partial charge is 0.242 e. The van der Waals surface area contributed by atoms with Crippen molar-refractivity contribution < 1.29 is 71.7 Å². The van der Waals surface area contributed by atoms with Gasteiger partial charge in [0.1, 0.15) is 13.1 Å². The molecule has 4 aromatic carbocycles. The molecule has 0 spiro atoms. The predicted molar refractivity (Wildman–Crippen MR) is 160 cm³/mol. The Morgan fingerprint density at radius 1 is 0.686 bits per heavy atom. The number of imidazole rings is 3. The Bertz CT molecular complexity index is 1920. The highest BCUT2D eigenvalue weighted by atomic mass is 35.7. The Balaban J connectivity index is 0.000000331. The molecule has 0 aliphatic carbocycles. The second-order valence-corrected chi connectivity index (χ2v) is 12.7. The molecule has 7 rings (SSSR count). The number of rotatable bonds is 7. The lowest BCUT2D eigenvalue weighted by Gasteiger charge is -2.17. The number of benzene rings is 4. The first-order valence-corrected chi connectivity index (χ1v) is 17.3. The zero-order valence-corrected chi connectivity index (χ0v) is 28.8. The summed E-state index contributed by atoms with van der Waals surface area (Å²) in [6.07, 6.45) is 6.82. The topological polar surface area (TPSA) is 262 Å². The number of hydrogen-bond donors (Lipinski definition) is 2. The molecule has 0 atom stereocenters. The Labute approximate surface area is 295 Å². The van der Waals surface area contributed by atoms with E-state index >= 15 is 0 Å². The molecule has 7 aromatic rings. The van der Waals surface area contributed by atoms with Gasteiger partial charge in [-0.25, -0.2) is 61.4 Å². The molecule has 0 bridgehead atoms. The minimum Gasteiger partial charge on any atom is -0.351 e. The van der Waals surface area contributed by atoms with Crippen molar-refractivity contribution >= 4 is 39.5 Å². The molecule has 268 valence electrons.